The Bertz CT molecular complexity index is 1090. The fourth-order valence-electron chi connectivity index (χ4n) is 6.96. The number of aliphatic hydroxyl groups is 1. The maximum atomic E-state index is 11.2. The molecule has 2 fully saturated rings. The first kappa shape index (κ1) is 26.8. The van der Waals surface area contributed by atoms with Crippen LogP contribution in [0.2, 0.25) is 0 Å². The highest BCUT2D eigenvalue weighted by molar-refractivity contribution is 7.68. The summed E-state index contributed by atoms with van der Waals surface area (Å²) in [4.78, 5) is 0. The molecule has 4 nitrogen and oxygen atoms in total. The summed E-state index contributed by atoms with van der Waals surface area (Å²) in [6.45, 7) is 10.6. The second-order valence-corrected chi connectivity index (χ2v) is 15.8. The third-order valence-electron chi connectivity index (χ3n) is 8.60. The summed E-state index contributed by atoms with van der Waals surface area (Å²) in [7, 11) is 2.78. The Balaban J connectivity index is 1.81. The van der Waals surface area contributed by atoms with E-state index < -0.39 is 13.5 Å². The predicted octanol–water partition coefficient (Wildman–Crippen LogP) is 8.08. The van der Waals surface area contributed by atoms with Crippen molar-refractivity contribution in [3.63, 3.8) is 0 Å². The van der Waals surface area contributed by atoms with E-state index in [0.29, 0.717) is 11.8 Å². The van der Waals surface area contributed by atoms with Crippen LogP contribution in [0, 0.1) is 0 Å². The predicted molar refractivity (Wildman–Crippen MR) is 154 cm³/mol. The van der Waals surface area contributed by atoms with E-state index in [0.717, 1.165) is 28.4 Å². The van der Waals surface area contributed by atoms with Gasteiger partial charge in [-0.15, -0.1) is 0 Å². The maximum absolute atomic E-state index is 11.2. The molecule has 1 N–H and O–H groups in total. The lowest BCUT2D eigenvalue weighted by Gasteiger charge is -2.38. The molecule has 0 radical (unpaired) electrons. The Morgan fingerprint density at radius 2 is 1.35 bits per heavy atom. The molecule has 5 heteroatoms. The first-order valence-electron chi connectivity index (χ1n) is 14.2. The Hall–Kier alpha value is -1.77. The van der Waals surface area contributed by atoms with Crippen molar-refractivity contribution in [3.05, 3.63) is 35.4 Å². The third-order valence-corrected chi connectivity index (χ3v) is 12.2. The Kier molecular flexibility index (Phi) is 7.31. The zero-order valence-corrected chi connectivity index (χ0v) is 24.7. The van der Waals surface area contributed by atoms with Crippen molar-refractivity contribution >= 4 is 13.2 Å². The average molecular weight is 525 g/mol. The molecule has 1 aliphatic heterocycles. The molecular formula is C32H45O4P. The van der Waals surface area contributed by atoms with Crippen molar-refractivity contribution in [2.24, 2.45) is 0 Å². The third kappa shape index (κ3) is 4.78. The number of hydrogen-bond acceptors (Lipinski definition) is 4. The first-order valence-corrected chi connectivity index (χ1v) is 15.6. The van der Waals surface area contributed by atoms with Crippen LogP contribution in [0.15, 0.2) is 24.3 Å². The summed E-state index contributed by atoms with van der Waals surface area (Å²) in [5.74, 6) is 3.61. The van der Waals surface area contributed by atoms with Crippen molar-refractivity contribution < 1.29 is 19.3 Å². The number of ether oxygens (including phenoxy) is 3. The average Bonchev–Trinajstić information content (AvgIpc) is 3.61. The van der Waals surface area contributed by atoms with E-state index in [-0.39, 0.29) is 11.0 Å². The molecule has 1 heterocycles. The molecule has 2 aromatic carbocycles. The standard InChI is InChI=1S/C32H45O4P/c1-31(2,3)37-29-22(17-12-18-25(29)36-30(37)32(4,5)33)26-27(34-6)23(20-13-8-9-14-20)19-24(28(26)35-7)21-15-10-11-16-21/h12,17-21,30,33H,8-11,13-16H2,1-7H3/t30?,37-/m1/s1. The normalized spacial score (nSPS) is 22.8. The topological polar surface area (TPSA) is 47.9 Å². The maximum Gasteiger partial charge on any atom is 0.150 e. The van der Waals surface area contributed by atoms with Crippen LogP contribution in [0.1, 0.15) is 109 Å². The van der Waals surface area contributed by atoms with Gasteiger partial charge in [0.05, 0.1) is 19.8 Å². The van der Waals surface area contributed by atoms with E-state index in [4.69, 9.17) is 14.2 Å². The number of rotatable bonds is 6. The molecule has 1 unspecified atom stereocenters. The number of methoxy groups -OCH3 is 2. The highest BCUT2D eigenvalue weighted by Gasteiger charge is 2.49. The van der Waals surface area contributed by atoms with E-state index in [1.807, 2.05) is 28.1 Å². The monoisotopic (exact) mass is 524 g/mol. The molecule has 0 aromatic heterocycles. The van der Waals surface area contributed by atoms with Crippen LogP contribution < -0.4 is 19.5 Å². The van der Waals surface area contributed by atoms with Crippen molar-refractivity contribution in [2.75, 3.05) is 14.2 Å². The minimum Gasteiger partial charge on any atom is -0.496 e. The molecule has 202 valence electrons. The molecule has 2 atom stereocenters. The lowest BCUT2D eigenvalue weighted by Crippen LogP contribution is -2.40. The lowest BCUT2D eigenvalue weighted by molar-refractivity contribution is 0.0103. The van der Waals surface area contributed by atoms with Crippen molar-refractivity contribution in [2.45, 2.75) is 114 Å². The minimum absolute atomic E-state index is 0.0564. The van der Waals surface area contributed by atoms with Crippen LogP contribution in [0.4, 0.5) is 0 Å². The molecular weight excluding hydrogens is 479 g/mol. The van der Waals surface area contributed by atoms with E-state index in [9.17, 15) is 5.11 Å². The zero-order chi connectivity index (χ0) is 26.5. The molecule has 0 saturated heterocycles. The molecule has 2 aliphatic carbocycles. The van der Waals surface area contributed by atoms with Crippen LogP contribution in [0.3, 0.4) is 0 Å². The highest BCUT2D eigenvalue weighted by atomic mass is 31.1. The van der Waals surface area contributed by atoms with Crippen LogP contribution in [0.5, 0.6) is 17.2 Å². The molecule has 2 saturated carbocycles. The SMILES string of the molecule is COc1c(C2CCCC2)cc(C2CCCC2)c(OC)c1-c1cccc2c1[P@@](C(C)(C)C)C(C(C)(C)O)O2. The molecule has 0 bridgehead atoms. The van der Waals surface area contributed by atoms with Gasteiger partial charge in [-0.3, -0.25) is 0 Å². The van der Waals surface area contributed by atoms with Gasteiger partial charge in [0, 0.05) is 10.9 Å². The Morgan fingerprint density at radius 1 is 0.838 bits per heavy atom. The molecule has 37 heavy (non-hydrogen) atoms. The largest absolute Gasteiger partial charge is 0.496 e. The van der Waals surface area contributed by atoms with Crippen molar-refractivity contribution in [1.29, 1.82) is 0 Å². The second-order valence-electron chi connectivity index (χ2n) is 12.8. The quantitative estimate of drug-likeness (QED) is 0.388. The number of benzene rings is 2. The van der Waals surface area contributed by atoms with Gasteiger partial charge in [-0.05, 0) is 87.7 Å². The van der Waals surface area contributed by atoms with Crippen LogP contribution in [-0.4, -0.2) is 35.9 Å². The van der Waals surface area contributed by atoms with Gasteiger partial charge in [-0.25, -0.2) is 0 Å². The van der Waals surface area contributed by atoms with E-state index in [1.54, 1.807) is 0 Å². The minimum atomic E-state index is -0.954. The highest BCUT2D eigenvalue weighted by Crippen LogP contribution is 2.63. The summed E-state index contributed by atoms with van der Waals surface area (Å²) in [5.41, 5.74) is 3.99. The van der Waals surface area contributed by atoms with Gasteiger partial charge in [-0.2, -0.15) is 0 Å². The van der Waals surface area contributed by atoms with Gasteiger partial charge >= 0.3 is 0 Å². The lowest BCUT2D eigenvalue weighted by atomic mass is 9.85. The Labute approximate surface area is 224 Å². The smallest absolute Gasteiger partial charge is 0.150 e. The van der Waals surface area contributed by atoms with E-state index >= 15 is 0 Å². The molecule has 2 aromatic rings. The zero-order valence-electron chi connectivity index (χ0n) is 23.8. The molecule has 0 amide bonds. The van der Waals surface area contributed by atoms with Gasteiger partial charge in [0.2, 0.25) is 0 Å². The van der Waals surface area contributed by atoms with Crippen LogP contribution in [-0.2, 0) is 0 Å². The van der Waals surface area contributed by atoms with Gasteiger partial charge in [-0.1, -0.05) is 58.6 Å². The van der Waals surface area contributed by atoms with E-state index in [1.165, 1.54) is 67.8 Å². The number of fused-ring (bicyclic) bond motifs is 1. The first-order chi connectivity index (χ1) is 17.6. The summed E-state index contributed by atoms with van der Waals surface area (Å²) < 4.78 is 19.2. The summed E-state index contributed by atoms with van der Waals surface area (Å²) >= 11 is 0. The Morgan fingerprint density at radius 3 is 1.78 bits per heavy atom. The summed E-state index contributed by atoms with van der Waals surface area (Å²) in [5, 5.41) is 12.4. The summed E-state index contributed by atoms with van der Waals surface area (Å²) in [6, 6.07) is 8.84. The fraction of sp³-hybridized carbons (Fsp3) is 0.625. The molecule has 5 rings (SSSR count). The van der Waals surface area contributed by atoms with Gasteiger partial charge in [0.25, 0.3) is 0 Å². The van der Waals surface area contributed by atoms with Gasteiger partial charge in [0.1, 0.15) is 28.7 Å². The van der Waals surface area contributed by atoms with Gasteiger partial charge < -0.3 is 19.3 Å². The molecule has 0 spiro atoms. The number of hydrogen-bond donors (Lipinski definition) is 1. The van der Waals surface area contributed by atoms with E-state index in [2.05, 4.69) is 45.0 Å². The second kappa shape index (κ2) is 10.1. The van der Waals surface area contributed by atoms with Crippen molar-refractivity contribution in [1.82, 2.24) is 0 Å². The molecule has 3 aliphatic rings. The van der Waals surface area contributed by atoms with Crippen LogP contribution >= 0.6 is 7.92 Å². The van der Waals surface area contributed by atoms with Crippen molar-refractivity contribution in [3.8, 4) is 28.4 Å². The summed E-state index contributed by atoms with van der Waals surface area (Å²) in [6.07, 6.45) is 10.0. The van der Waals surface area contributed by atoms with Gasteiger partial charge in [0.15, 0.2) is 0 Å². The van der Waals surface area contributed by atoms with Crippen LogP contribution in [0.25, 0.3) is 11.1 Å². The fourth-order valence-corrected chi connectivity index (χ4v) is 10.2.